The Bertz CT molecular complexity index is 735. The van der Waals surface area contributed by atoms with Crippen LogP contribution in [0.1, 0.15) is 5.56 Å². The summed E-state index contributed by atoms with van der Waals surface area (Å²) >= 11 is 0. The van der Waals surface area contributed by atoms with Gasteiger partial charge in [0.15, 0.2) is 0 Å². The van der Waals surface area contributed by atoms with Gasteiger partial charge in [0.1, 0.15) is 5.84 Å². The first kappa shape index (κ1) is 16.1. The fourth-order valence-electron chi connectivity index (χ4n) is 2.62. The lowest BCUT2D eigenvalue weighted by atomic mass is 10.1. The summed E-state index contributed by atoms with van der Waals surface area (Å²) in [5, 5.41) is 16.1. The Morgan fingerprint density at radius 1 is 1.21 bits per heavy atom. The molecule has 126 valence electrons. The summed E-state index contributed by atoms with van der Waals surface area (Å²) in [4.78, 5) is 33.0. The first-order chi connectivity index (χ1) is 11.5. The molecule has 3 N–H and O–H groups in total. The molecule has 0 saturated carbocycles. The summed E-state index contributed by atoms with van der Waals surface area (Å²) in [5.74, 6) is -3.11. The van der Waals surface area contributed by atoms with Crippen molar-refractivity contribution in [3.63, 3.8) is 0 Å². The van der Waals surface area contributed by atoms with Gasteiger partial charge < -0.3 is 15.2 Å². The quantitative estimate of drug-likeness (QED) is 0.704. The minimum absolute atomic E-state index is 0.148. The maximum Gasteiger partial charge on any atom is 0.352 e. The second-order valence-electron chi connectivity index (χ2n) is 5.12. The van der Waals surface area contributed by atoms with E-state index >= 15 is 0 Å². The Kier molecular flexibility index (Phi) is 3.84. The number of hydroxylamine groups is 2. The van der Waals surface area contributed by atoms with E-state index < -0.39 is 23.5 Å². The first-order valence-corrected chi connectivity index (χ1v) is 7.05. The van der Waals surface area contributed by atoms with Crippen LogP contribution in [0.15, 0.2) is 41.4 Å². The number of amides is 3. The number of ether oxygens (including phenoxy) is 1. The molecular weight excluding hydrogens is 316 g/mol. The van der Waals surface area contributed by atoms with Crippen LogP contribution in [-0.4, -0.2) is 53.7 Å². The predicted molar refractivity (Wildman–Crippen MR) is 83.1 cm³/mol. The second-order valence-corrected chi connectivity index (χ2v) is 5.12. The molecule has 9 heteroatoms. The van der Waals surface area contributed by atoms with Crippen molar-refractivity contribution in [1.82, 2.24) is 15.7 Å². The molecule has 1 aromatic rings. The maximum absolute atomic E-state index is 12.3. The zero-order valence-corrected chi connectivity index (χ0v) is 13.0. The average Bonchev–Trinajstić information content (AvgIpc) is 2.88. The molecule has 3 amide bonds. The summed E-state index contributed by atoms with van der Waals surface area (Å²) in [6.45, 7) is 0. The van der Waals surface area contributed by atoms with E-state index in [1.54, 1.807) is 12.2 Å². The van der Waals surface area contributed by atoms with Crippen molar-refractivity contribution in [2.75, 3.05) is 14.2 Å². The number of methoxy groups -OCH3 is 1. The lowest BCUT2D eigenvalue weighted by Gasteiger charge is -2.44. The molecule has 0 aromatic heterocycles. The molecule has 2 aliphatic heterocycles. The van der Waals surface area contributed by atoms with Crippen LogP contribution in [0.2, 0.25) is 0 Å². The van der Waals surface area contributed by atoms with Gasteiger partial charge in [-0.3, -0.25) is 14.9 Å². The van der Waals surface area contributed by atoms with Gasteiger partial charge in [-0.2, -0.15) is 0 Å². The number of hydrogen-bond acceptors (Lipinski definition) is 7. The van der Waals surface area contributed by atoms with Crippen LogP contribution in [0.5, 0.6) is 0 Å². The highest BCUT2D eigenvalue weighted by molar-refractivity contribution is 6.09. The first-order valence-electron chi connectivity index (χ1n) is 7.05. The monoisotopic (exact) mass is 332 g/mol. The Morgan fingerprint density at radius 2 is 1.92 bits per heavy atom. The molecule has 2 aliphatic rings. The molecule has 3 rings (SSSR count). The molecule has 9 nitrogen and oxygen atoms in total. The van der Waals surface area contributed by atoms with Crippen molar-refractivity contribution < 1.29 is 24.3 Å². The van der Waals surface area contributed by atoms with E-state index in [2.05, 4.69) is 10.3 Å². The minimum atomic E-state index is -2.38. The second kappa shape index (κ2) is 5.71. The van der Waals surface area contributed by atoms with Gasteiger partial charge in [0, 0.05) is 7.11 Å². The standard InChI is InChI=1S/C15H16N4O5/c1-23-14-12(20)16-13(21)19(24-2)15(14,22)18-11(17-14)9-8-10-6-4-3-5-7-10/h3-9,22H,1-2H3,(H,17,18)(H,16,20,21). The molecule has 1 saturated heterocycles. The van der Waals surface area contributed by atoms with Crippen molar-refractivity contribution in [2.24, 2.45) is 4.99 Å². The van der Waals surface area contributed by atoms with E-state index in [4.69, 9.17) is 9.57 Å². The topological polar surface area (TPSA) is 112 Å². The number of fused-ring (bicyclic) bond motifs is 1. The average molecular weight is 332 g/mol. The highest BCUT2D eigenvalue weighted by Gasteiger charge is 2.70. The van der Waals surface area contributed by atoms with Crippen LogP contribution < -0.4 is 10.6 Å². The number of rotatable bonds is 4. The van der Waals surface area contributed by atoms with Gasteiger partial charge in [-0.25, -0.2) is 9.79 Å². The van der Waals surface area contributed by atoms with Crippen molar-refractivity contribution in [3.05, 3.63) is 42.0 Å². The van der Waals surface area contributed by atoms with Crippen LogP contribution in [0.3, 0.4) is 0 Å². The smallest absolute Gasteiger partial charge is 0.347 e. The molecule has 24 heavy (non-hydrogen) atoms. The third-order valence-corrected chi connectivity index (χ3v) is 3.78. The molecule has 0 bridgehead atoms. The number of carbonyl (C=O) groups is 2. The Hall–Kier alpha value is -2.75. The number of hydrogen-bond donors (Lipinski definition) is 3. The van der Waals surface area contributed by atoms with Gasteiger partial charge in [0.25, 0.3) is 11.6 Å². The zero-order chi connectivity index (χ0) is 17.4. The maximum atomic E-state index is 12.3. The van der Waals surface area contributed by atoms with Crippen LogP contribution >= 0.6 is 0 Å². The van der Waals surface area contributed by atoms with Crippen LogP contribution in [-0.2, 0) is 14.4 Å². The number of aliphatic imine (C=N–C) groups is 1. The summed E-state index contributed by atoms with van der Waals surface area (Å²) in [6, 6.07) is 8.41. The number of aliphatic hydroxyl groups is 1. The summed E-state index contributed by atoms with van der Waals surface area (Å²) in [5.41, 5.74) is -1.13. The number of imide groups is 1. The van der Waals surface area contributed by atoms with Crippen LogP contribution in [0, 0.1) is 0 Å². The number of nitrogens with one attached hydrogen (secondary N) is 2. The molecule has 0 radical (unpaired) electrons. The zero-order valence-electron chi connectivity index (χ0n) is 13.0. The molecular formula is C15H16N4O5. The lowest BCUT2D eigenvalue weighted by molar-refractivity contribution is -0.308. The van der Waals surface area contributed by atoms with Gasteiger partial charge in [-0.1, -0.05) is 36.4 Å². The summed E-state index contributed by atoms with van der Waals surface area (Å²) in [7, 11) is 2.38. The largest absolute Gasteiger partial charge is 0.352 e. The van der Waals surface area contributed by atoms with E-state index in [0.717, 1.165) is 5.56 Å². The number of amidine groups is 1. The number of carbonyl (C=O) groups excluding carboxylic acids is 2. The Morgan fingerprint density at radius 3 is 2.54 bits per heavy atom. The van der Waals surface area contributed by atoms with Crippen molar-refractivity contribution in [2.45, 2.75) is 11.6 Å². The normalized spacial score (nSPS) is 29.3. The SMILES string of the molecule is CON1C(=O)NC(=O)C2(OC)NC(C=Cc3ccccc3)=NC12O. The number of urea groups is 1. The molecule has 1 fully saturated rings. The molecule has 0 aliphatic carbocycles. The van der Waals surface area contributed by atoms with Gasteiger partial charge in [-0.05, 0) is 11.6 Å². The minimum Gasteiger partial charge on any atom is -0.347 e. The van der Waals surface area contributed by atoms with Gasteiger partial charge in [-0.15, -0.1) is 5.06 Å². The van der Waals surface area contributed by atoms with Gasteiger partial charge in [0.2, 0.25) is 0 Å². The van der Waals surface area contributed by atoms with Crippen molar-refractivity contribution in [3.8, 4) is 0 Å². The van der Waals surface area contributed by atoms with E-state index in [1.807, 2.05) is 35.6 Å². The summed E-state index contributed by atoms with van der Waals surface area (Å²) < 4.78 is 5.19. The van der Waals surface area contributed by atoms with Crippen molar-refractivity contribution in [1.29, 1.82) is 0 Å². The lowest BCUT2D eigenvalue weighted by Crippen LogP contribution is -2.79. The molecule has 2 atom stereocenters. The van der Waals surface area contributed by atoms with Crippen LogP contribution in [0.25, 0.3) is 6.08 Å². The Labute approximate surface area is 137 Å². The van der Waals surface area contributed by atoms with E-state index in [-0.39, 0.29) is 5.84 Å². The predicted octanol–water partition coefficient (Wildman–Crippen LogP) is -0.196. The molecule has 2 heterocycles. The van der Waals surface area contributed by atoms with Crippen molar-refractivity contribution >= 4 is 23.8 Å². The molecule has 2 unspecified atom stereocenters. The fraction of sp³-hybridized carbons (Fsp3) is 0.267. The van der Waals surface area contributed by atoms with Crippen LogP contribution in [0.4, 0.5) is 4.79 Å². The fourth-order valence-corrected chi connectivity index (χ4v) is 2.62. The third kappa shape index (κ3) is 2.18. The highest BCUT2D eigenvalue weighted by atomic mass is 16.7. The Balaban J connectivity index is 1.99. The van der Waals surface area contributed by atoms with E-state index in [0.29, 0.717) is 5.06 Å². The van der Waals surface area contributed by atoms with E-state index in [9.17, 15) is 14.7 Å². The van der Waals surface area contributed by atoms with E-state index in [1.165, 1.54) is 14.2 Å². The number of benzene rings is 1. The third-order valence-electron chi connectivity index (χ3n) is 3.78. The highest BCUT2D eigenvalue weighted by Crippen LogP contribution is 2.36. The molecule has 0 spiro atoms. The summed E-state index contributed by atoms with van der Waals surface area (Å²) in [6.07, 6.45) is 3.28. The van der Waals surface area contributed by atoms with Gasteiger partial charge >= 0.3 is 11.9 Å². The molecule has 1 aromatic carbocycles. The van der Waals surface area contributed by atoms with Gasteiger partial charge in [0.05, 0.1) is 7.11 Å². The number of nitrogens with zero attached hydrogens (tertiary/aromatic N) is 2.